The monoisotopic (exact) mass is 332 g/mol. The summed E-state index contributed by atoms with van der Waals surface area (Å²) >= 11 is 0. The summed E-state index contributed by atoms with van der Waals surface area (Å²) in [7, 11) is 0. The number of carbonyl (C=O) groups is 4. The molecule has 10 nitrogen and oxygen atoms in total. The molecule has 0 aromatic heterocycles. The van der Waals surface area contributed by atoms with E-state index >= 15 is 0 Å². The van der Waals surface area contributed by atoms with Gasteiger partial charge < -0.3 is 31.9 Å². The number of amides is 3. The minimum atomic E-state index is -1.23. The van der Waals surface area contributed by atoms with E-state index in [-0.39, 0.29) is 13.0 Å². The van der Waals surface area contributed by atoms with E-state index in [4.69, 9.17) is 15.9 Å². The molecule has 0 rings (SSSR count). The SMILES string of the molecule is CCCC[C@H](NC(=O)CNC(=O)[C@H](CO)NC(=O)CN)C(=O)O. The molecule has 0 unspecified atom stereocenters. The summed E-state index contributed by atoms with van der Waals surface area (Å²) in [4.78, 5) is 45.4. The van der Waals surface area contributed by atoms with Gasteiger partial charge in [0.05, 0.1) is 19.7 Å². The van der Waals surface area contributed by atoms with Gasteiger partial charge >= 0.3 is 5.97 Å². The summed E-state index contributed by atoms with van der Waals surface area (Å²) in [5, 5.41) is 24.7. The molecule has 0 saturated heterocycles. The van der Waals surface area contributed by atoms with Crippen molar-refractivity contribution < 1.29 is 29.4 Å². The Morgan fingerprint density at radius 1 is 1.09 bits per heavy atom. The van der Waals surface area contributed by atoms with Gasteiger partial charge in [-0.3, -0.25) is 14.4 Å². The fourth-order valence-corrected chi connectivity index (χ4v) is 1.65. The van der Waals surface area contributed by atoms with E-state index < -0.39 is 48.9 Å². The van der Waals surface area contributed by atoms with Gasteiger partial charge in [-0.05, 0) is 6.42 Å². The van der Waals surface area contributed by atoms with Crippen molar-refractivity contribution >= 4 is 23.7 Å². The Labute approximate surface area is 133 Å². The number of rotatable bonds is 11. The van der Waals surface area contributed by atoms with Crippen molar-refractivity contribution in [1.29, 1.82) is 0 Å². The van der Waals surface area contributed by atoms with Crippen LogP contribution in [0.15, 0.2) is 0 Å². The van der Waals surface area contributed by atoms with E-state index in [2.05, 4.69) is 16.0 Å². The molecule has 0 aliphatic heterocycles. The number of carbonyl (C=O) groups excluding carboxylic acids is 3. The molecule has 0 aromatic rings. The van der Waals surface area contributed by atoms with Crippen molar-refractivity contribution in [1.82, 2.24) is 16.0 Å². The summed E-state index contributed by atoms with van der Waals surface area (Å²) in [5.41, 5.74) is 5.08. The van der Waals surface area contributed by atoms with Gasteiger partial charge in [0, 0.05) is 0 Å². The maximum Gasteiger partial charge on any atom is 0.326 e. The van der Waals surface area contributed by atoms with Crippen LogP contribution in [0.25, 0.3) is 0 Å². The highest BCUT2D eigenvalue weighted by molar-refractivity contribution is 5.91. The molecule has 0 heterocycles. The van der Waals surface area contributed by atoms with Crippen molar-refractivity contribution in [3.05, 3.63) is 0 Å². The van der Waals surface area contributed by atoms with Crippen molar-refractivity contribution in [2.75, 3.05) is 19.7 Å². The quantitative estimate of drug-likeness (QED) is 0.239. The van der Waals surface area contributed by atoms with Crippen molar-refractivity contribution in [3.63, 3.8) is 0 Å². The maximum atomic E-state index is 11.7. The van der Waals surface area contributed by atoms with Crippen LogP contribution in [0.2, 0.25) is 0 Å². The summed E-state index contributed by atoms with van der Waals surface area (Å²) in [6, 6.07) is -2.25. The molecular formula is C13H24N4O6. The molecule has 0 aromatic carbocycles. The number of hydrogen-bond acceptors (Lipinski definition) is 6. The standard InChI is InChI=1S/C13H24N4O6/c1-2-3-4-8(13(22)23)16-11(20)6-15-12(21)9(7-18)17-10(19)5-14/h8-9,18H,2-7,14H2,1H3,(H,15,21)(H,16,20)(H,17,19)(H,22,23)/t8-,9-/m0/s1. The zero-order valence-electron chi connectivity index (χ0n) is 13.0. The number of nitrogens with two attached hydrogens (primary N) is 1. The smallest absolute Gasteiger partial charge is 0.326 e. The van der Waals surface area contributed by atoms with Crippen LogP contribution >= 0.6 is 0 Å². The summed E-state index contributed by atoms with van der Waals surface area (Å²) in [6.45, 7) is 0.421. The summed E-state index contributed by atoms with van der Waals surface area (Å²) < 4.78 is 0. The lowest BCUT2D eigenvalue weighted by molar-refractivity contribution is -0.142. The number of aliphatic hydroxyl groups excluding tert-OH is 1. The first kappa shape index (κ1) is 20.8. The van der Waals surface area contributed by atoms with Crippen LogP contribution in [0, 0.1) is 0 Å². The molecule has 0 aliphatic carbocycles. The Bertz CT molecular complexity index is 429. The van der Waals surface area contributed by atoms with E-state index in [1.165, 1.54) is 0 Å². The second-order valence-corrected chi connectivity index (χ2v) is 4.83. The molecule has 10 heteroatoms. The second-order valence-electron chi connectivity index (χ2n) is 4.83. The minimum Gasteiger partial charge on any atom is -0.480 e. The Balaban J connectivity index is 4.36. The van der Waals surface area contributed by atoms with Crippen LogP contribution in [-0.2, 0) is 19.2 Å². The highest BCUT2D eigenvalue weighted by atomic mass is 16.4. The van der Waals surface area contributed by atoms with Gasteiger partial charge in [0.25, 0.3) is 0 Å². The third-order valence-corrected chi connectivity index (χ3v) is 2.92. The van der Waals surface area contributed by atoms with Crippen LogP contribution in [0.3, 0.4) is 0 Å². The van der Waals surface area contributed by atoms with Crippen LogP contribution in [0.5, 0.6) is 0 Å². The molecule has 0 aliphatic rings. The van der Waals surface area contributed by atoms with Crippen molar-refractivity contribution in [2.24, 2.45) is 5.73 Å². The molecule has 0 fully saturated rings. The first-order valence-electron chi connectivity index (χ1n) is 7.25. The lowest BCUT2D eigenvalue weighted by atomic mass is 10.1. The Morgan fingerprint density at radius 3 is 2.17 bits per heavy atom. The van der Waals surface area contributed by atoms with E-state index in [0.29, 0.717) is 6.42 Å². The second kappa shape index (κ2) is 11.4. The topological polar surface area (TPSA) is 171 Å². The van der Waals surface area contributed by atoms with Crippen LogP contribution in [0.4, 0.5) is 0 Å². The molecular weight excluding hydrogens is 308 g/mol. The third-order valence-electron chi connectivity index (χ3n) is 2.92. The average molecular weight is 332 g/mol. The highest BCUT2D eigenvalue weighted by Gasteiger charge is 2.22. The molecule has 132 valence electrons. The predicted octanol–water partition coefficient (Wildman–Crippen LogP) is -2.70. The third kappa shape index (κ3) is 8.73. The Kier molecular flexibility index (Phi) is 10.3. The van der Waals surface area contributed by atoms with Gasteiger partial charge in [-0.15, -0.1) is 0 Å². The average Bonchev–Trinajstić information content (AvgIpc) is 2.53. The lowest BCUT2D eigenvalue weighted by Gasteiger charge is -2.17. The van der Waals surface area contributed by atoms with Crippen molar-refractivity contribution in [2.45, 2.75) is 38.3 Å². The van der Waals surface area contributed by atoms with E-state index in [9.17, 15) is 19.2 Å². The molecule has 0 radical (unpaired) electrons. The Hall–Kier alpha value is -2.20. The highest BCUT2D eigenvalue weighted by Crippen LogP contribution is 2.00. The minimum absolute atomic E-state index is 0.289. The predicted molar refractivity (Wildman–Crippen MR) is 80.2 cm³/mol. The normalized spacial score (nSPS) is 12.8. The van der Waals surface area contributed by atoms with Gasteiger partial charge in [-0.2, -0.15) is 0 Å². The van der Waals surface area contributed by atoms with Crippen LogP contribution in [0.1, 0.15) is 26.2 Å². The summed E-state index contributed by atoms with van der Waals surface area (Å²) in [5.74, 6) is -3.23. The molecule has 7 N–H and O–H groups in total. The fourth-order valence-electron chi connectivity index (χ4n) is 1.65. The largest absolute Gasteiger partial charge is 0.480 e. The molecule has 0 bridgehead atoms. The molecule has 0 spiro atoms. The number of carboxylic acid groups (broad SMARTS) is 1. The first-order chi connectivity index (χ1) is 10.8. The van der Waals surface area contributed by atoms with E-state index in [1.54, 1.807) is 0 Å². The van der Waals surface area contributed by atoms with Crippen LogP contribution in [-0.4, -0.2) is 65.7 Å². The number of nitrogens with one attached hydrogen (secondary N) is 3. The molecule has 0 saturated carbocycles. The molecule has 3 amide bonds. The van der Waals surface area contributed by atoms with E-state index in [1.807, 2.05) is 6.92 Å². The van der Waals surface area contributed by atoms with Crippen molar-refractivity contribution in [3.8, 4) is 0 Å². The van der Waals surface area contributed by atoms with Gasteiger partial charge in [-0.25, -0.2) is 4.79 Å². The zero-order chi connectivity index (χ0) is 17.8. The number of aliphatic hydroxyl groups is 1. The van der Waals surface area contributed by atoms with Crippen LogP contribution < -0.4 is 21.7 Å². The fraction of sp³-hybridized carbons (Fsp3) is 0.692. The van der Waals surface area contributed by atoms with Gasteiger partial charge in [-0.1, -0.05) is 19.8 Å². The number of aliphatic carboxylic acids is 1. The van der Waals surface area contributed by atoms with Gasteiger partial charge in [0.1, 0.15) is 12.1 Å². The zero-order valence-corrected chi connectivity index (χ0v) is 13.0. The number of carboxylic acids is 1. The number of unbranched alkanes of at least 4 members (excludes halogenated alkanes) is 1. The lowest BCUT2D eigenvalue weighted by Crippen LogP contribution is -2.53. The maximum absolute atomic E-state index is 11.7. The Morgan fingerprint density at radius 2 is 1.70 bits per heavy atom. The van der Waals surface area contributed by atoms with Gasteiger partial charge in [0.2, 0.25) is 17.7 Å². The number of hydrogen-bond donors (Lipinski definition) is 6. The first-order valence-corrected chi connectivity index (χ1v) is 7.25. The van der Waals surface area contributed by atoms with E-state index in [0.717, 1.165) is 6.42 Å². The van der Waals surface area contributed by atoms with Gasteiger partial charge in [0.15, 0.2) is 0 Å². The molecule has 2 atom stereocenters. The summed E-state index contributed by atoms with van der Waals surface area (Å²) in [6.07, 6.45) is 1.72. The molecule has 23 heavy (non-hydrogen) atoms.